The van der Waals surface area contributed by atoms with Gasteiger partial charge in [0.25, 0.3) is 0 Å². The van der Waals surface area contributed by atoms with Crippen molar-refractivity contribution in [3.63, 3.8) is 0 Å². The molecule has 0 aromatic rings. The molecule has 1 aliphatic heterocycles. The van der Waals surface area contributed by atoms with E-state index >= 15 is 0 Å². The maximum atomic E-state index is 6.09. The Morgan fingerprint density at radius 2 is 1.67 bits per heavy atom. The molecule has 0 radical (unpaired) electrons. The van der Waals surface area contributed by atoms with E-state index in [1.165, 1.54) is 0 Å². The fourth-order valence-corrected chi connectivity index (χ4v) is 2.99. The van der Waals surface area contributed by atoms with Gasteiger partial charge in [0.05, 0.1) is 13.2 Å². The molecule has 0 bridgehead atoms. The van der Waals surface area contributed by atoms with Crippen LogP contribution in [0.1, 0.15) is 53.4 Å². The van der Waals surface area contributed by atoms with Crippen LogP contribution in [-0.4, -0.2) is 33.9 Å². The second-order valence-electron chi connectivity index (χ2n) is 7.40. The molecule has 1 heterocycles. The van der Waals surface area contributed by atoms with E-state index in [9.17, 15) is 0 Å². The molecule has 3 nitrogen and oxygen atoms in total. The van der Waals surface area contributed by atoms with Crippen molar-refractivity contribution in [3.05, 3.63) is 0 Å². The summed E-state index contributed by atoms with van der Waals surface area (Å²) in [6.07, 6.45) is 3.67. The van der Waals surface area contributed by atoms with E-state index in [4.69, 9.17) is 13.9 Å². The van der Waals surface area contributed by atoms with Gasteiger partial charge in [-0.3, -0.25) is 0 Å². The molecule has 1 fully saturated rings. The van der Waals surface area contributed by atoms with Gasteiger partial charge >= 0.3 is 0 Å². The second kappa shape index (κ2) is 7.78. The molecule has 1 aliphatic rings. The number of unbranched alkanes of at least 4 members (excludes halogenated alkanes) is 1. The maximum Gasteiger partial charge on any atom is 0.192 e. The first-order valence-corrected chi connectivity index (χ1v) is 10.9. The lowest BCUT2D eigenvalue weighted by Crippen LogP contribution is -2.40. The number of hydrogen-bond donors (Lipinski definition) is 0. The average Bonchev–Trinajstić information content (AvgIpc) is 2.78. The largest absolute Gasteiger partial charge is 0.416 e. The fourth-order valence-electron chi connectivity index (χ4n) is 1.95. The minimum atomic E-state index is -1.61. The summed E-state index contributed by atoms with van der Waals surface area (Å²) < 4.78 is 17.2. The third-order valence-corrected chi connectivity index (χ3v) is 8.99. The fraction of sp³-hybridized carbons (Fsp3) is 0.882. The SMILES string of the molecule is CC1(CCCC#CCCO[Si](C)(C)C(C)(C)C)OCCO1. The quantitative estimate of drug-likeness (QED) is 0.415. The summed E-state index contributed by atoms with van der Waals surface area (Å²) in [5, 5.41) is 0.275. The highest BCUT2D eigenvalue weighted by molar-refractivity contribution is 6.74. The van der Waals surface area contributed by atoms with E-state index in [0.717, 1.165) is 32.3 Å². The van der Waals surface area contributed by atoms with Crippen molar-refractivity contribution in [3.8, 4) is 11.8 Å². The molecule has 21 heavy (non-hydrogen) atoms. The monoisotopic (exact) mass is 312 g/mol. The Balaban J connectivity index is 2.11. The lowest BCUT2D eigenvalue weighted by atomic mass is 10.1. The molecule has 0 amide bonds. The van der Waals surface area contributed by atoms with Crippen LogP contribution in [0.3, 0.4) is 0 Å². The summed E-state index contributed by atoms with van der Waals surface area (Å²) in [6, 6.07) is 0. The zero-order valence-corrected chi connectivity index (χ0v) is 15.7. The Labute approximate surface area is 131 Å². The molecule has 0 aromatic carbocycles. The number of rotatable bonds is 6. The standard InChI is InChI=1S/C17H32O3Si/c1-16(2,3)21(5,6)20-13-11-9-7-8-10-12-17(4)18-14-15-19-17/h8,10-15H2,1-6H3. The van der Waals surface area contributed by atoms with Crippen LogP contribution in [0.5, 0.6) is 0 Å². The summed E-state index contributed by atoms with van der Waals surface area (Å²) >= 11 is 0. The van der Waals surface area contributed by atoms with Crippen LogP contribution in [0, 0.1) is 11.8 Å². The van der Waals surface area contributed by atoms with Crippen LogP contribution in [0.4, 0.5) is 0 Å². The van der Waals surface area contributed by atoms with E-state index in [0.29, 0.717) is 13.2 Å². The topological polar surface area (TPSA) is 27.7 Å². The number of ether oxygens (including phenoxy) is 2. The summed E-state index contributed by atoms with van der Waals surface area (Å²) in [5.41, 5.74) is 0. The molecule has 0 unspecified atom stereocenters. The van der Waals surface area contributed by atoms with Gasteiger partial charge in [0.2, 0.25) is 0 Å². The van der Waals surface area contributed by atoms with Crippen LogP contribution in [0.25, 0.3) is 0 Å². The van der Waals surface area contributed by atoms with Crippen LogP contribution in [0.2, 0.25) is 18.1 Å². The predicted octanol–water partition coefficient (Wildman–Crippen LogP) is 4.34. The van der Waals surface area contributed by atoms with Crippen molar-refractivity contribution >= 4 is 8.32 Å². The molecular weight excluding hydrogens is 280 g/mol. The van der Waals surface area contributed by atoms with Crippen molar-refractivity contribution in [1.29, 1.82) is 0 Å². The van der Waals surface area contributed by atoms with Crippen molar-refractivity contribution in [2.24, 2.45) is 0 Å². The van der Waals surface area contributed by atoms with E-state index in [-0.39, 0.29) is 10.8 Å². The van der Waals surface area contributed by atoms with E-state index < -0.39 is 8.32 Å². The van der Waals surface area contributed by atoms with Crippen molar-refractivity contribution in [2.45, 2.75) is 77.3 Å². The van der Waals surface area contributed by atoms with Crippen molar-refractivity contribution < 1.29 is 13.9 Å². The van der Waals surface area contributed by atoms with Gasteiger partial charge in [0, 0.05) is 25.9 Å². The lowest BCUT2D eigenvalue weighted by Gasteiger charge is -2.35. The smallest absolute Gasteiger partial charge is 0.192 e. The van der Waals surface area contributed by atoms with Gasteiger partial charge in [-0.15, -0.1) is 11.8 Å². The molecule has 0 saturated carbocycles. The third-order valence-electron chi connectivity index (χ3n) is 4.45. The molecule has 4 heteroatoms. The predicted molar refractivity (Wildman–Crippen MR) is 89.7 cm³/mol. The van der Waals surface area contributed by atoms with Gasteiger partial charge in [-0.05, 0) is 31.5 Å². The van der Waals surface area contributed by atoms with Crippen LogP contribution >= 0.6 is 0 Å². The maximum absolute atomic E-state index is 6.09. The van der Waals surface area contributed by atoms with Gasteiger partial charge in [-0.25, -0.2) is 0 Å². The van der Waals surface area contributed by atoms with Crippen LogP contribution in [0.15, 0.2) is 0 Å². The summed E-state index contributed by atoms with van der Waals surface area (Å²) in [5.74, 6) is 6.07. The molecule has 0 aliphatic carbocycles. The highest BCUT2D eigenvalue weighted by atomic mass is 28.4. The van der Waals surface area contributed by atoms with Crippen molar-refractivity contribution in [1.82, 2.24) is 0 Å². The first kappa shape index (κ1) is 18.7. The van der Waals surface area contributed by atoms with E-state index in [1.807, 2.05) is 6.92 Å². The van der Waals surface area contributed by atoms with Gasteiger partial charge in [-0.2, -0.15) is 0 Å². The Hall–Kier alpha value is -0.343. The van der Waals surface area contributed by atoms with Crippen molar-refractivity contribution in [2.75, 3.05) is 19.8 Å². The van der Waals surface area contributed by atoms with E-state index in [1.54, 1.807) is 0 Å². The van der Waals surface area contributed by atoms with Gasteiger partial charge in [0.1, 0.15) is 0 Å². The second-order valence-corrected chi connectivity index (χ2v) is 12.2. The first-order chi connectivity index (χ1) is 9.66. The summed E-state index contributed by atoms with van der Waals surface area (Å²) in [7, 11) is -1.61. The number of hydrogen-bond acceptors (Lipinski definition) is 3. The van der Waals surface area contributed by atoms with Gasteiger partial charge in [-0.1, -0.05) is 20.8 Å². The molecule has 0 atom stereocenters. The first-order valence-electron chi connectivity index (χ1n) is 8.04. The van der Waals surface area contributed by atoms with E-state index in [2.05, 4.69) is 45.7 Å². The van der Waals surface area contributed by atoms with Gasteiger partial charge in [0.15, 0.2) is 14.1 Å². The zero-order valence-electron chi connectivity index (χ0n) is 14.7. The molecule has 0 aromatic heterocycles. The summed E-state index contributed by atoms with van der Waals surface area (Å²) in [4.78, 5) is 0. The molecule has 0 spiro atoms. The Kier molecular flexibility index (Phi) is 6.93. The molecule has 122 valence electrons. The highest BCUT2D eigenvalue weighted by Gasteiger charge is 2.36. The zero-order chi connectivity index (χ0) is 16.0. The highest BCUT2D eigenvalue weighted by Crippen LogP contribution is 2.36. The average molecular weight is 313 g/mol. The molecule has 0 N–H and O–H groups in total. The minimum absolute atomic E-state index is 0.275. The Morgan fingerprint density at radius 1 is 1.10 bits per heavy atom. The summed E-state index contributed by atoms with van der Waals surface area (Å²) in [6.45, 7) is 15.6. The normalized spacial score (nSPS) is 18.4. The molecule has 1 rings (SSSR count). The molecule has 1 saturated heterocycles. The van der Waals surface area contributed by atoms with Crippen LogP contribution in [-0.2, 0) is 13.9 Å². The Bertz CT molecular complexity index is 368. The third kappa shape index (κ3) is 6.52. The molecular formula is C17H32O3Si. The van der Waals surface area contributed by atoms with Gasteiger partial charge < -0.3 is 13.9 Å². The lowest BCUT2D eigenvalue weighted by molar-refractivity contribution is -0.147. The minimum Gasteiger partial charge on any atom is -0.416 e. The Morgan fingerprint density at radius 3 is 2.24 bits per heavy atom. The van der Waals surface area contributed by atoms with Crippen LogP contribution < -0.4 is 0 Å².